The molecule has 27 heavy (non-hydrogen) atoms. The molecule has 0 amide bonds. The molecule has 0 aromatic heterocycles. The van der Waals surface area contributed by atoms with Crippen LogP contribution in [0.25, 0.3) is 0 Å². The Morgan fingerprint density at radius 1 is 1.30 bits per heavy atom. The van der Waals surface area contributed by atoms with E-state index < -0.39 is 15.9 Å². The third-order valence-electron chi connectivity index (χ3n) is 5.02. The monoisotopic (exact) mass is 393 g/mol. The maximum Gasteiger partial charge on any atom is 0.178 e. The predicted octanol–water partition coefficient (Wildman–Crippen LogP) is 1.06. The second kappa shape index (κ2) is 8.02. The first kappa shape index (κ1) is 19.9. The molecule has 0 radical (unpaired) electrons. The second-order valence-electron chi connectivity index (χ2n) is 7.05. The molecule has 2 aliphatic rings. The molecule has 2 unspecified atom stereocenters. The summed E-state index contributed by atoms with van der Waals surface area (Å²) in [6.45, 7) is 3.31. The van der Waals surface area contributed by atoms with E-state index >= 15 is 0 Å². The number of hydroxylamine groups is 1. The summed E-state index contributed by atoms with van der Waals surface area (Å²) in [7, 11) is 0.893. The molecule has 2 N–H and O–H groups in total. The van der Waals surface area contributed by atoms with Gasteiger partial charge in [-0.15, -0.1) is 0 Å². The van der Waals surface area contributed by atoms with Crippen molar-refractivity contribution in [1.29, 1.82) is 0 Å². The minimum absolute atomic E-state index is 0.0559. The Kier molecular flexibility index (Phi) is 5.90. The molecule has 8 heteroatoms. The van der Waals surface area contributed by atoms with Crippen molar-refractivity contribution in [2.24, 2.45) is 0 Å². The summed E-state index contributed by atoms with van der Waals surface area (Å²) in [5.74, 6) is 0.0559. The lowest BCUT2D eigenvalue weighted by molar-refractivity contribution is -0.0378. The molecule has 1 saturated heterocycles. The van der Waals surface area contributed by atoms with E-state index in [-0.39, 0.29) is 17.3 Å². The first-order chi connectivity index (χ1) is 12.8. The molecule has 148 valence electrons. The van der Waals surface area contributed by atoms with Gasteiger partial charge in [0.2, 0.25) is 0 Å². The number of fused-ring (bicyclic) bond motifs is 1. The van der Waals surface area contributed by atoms with E-state index in [0.717, 1.165) is 18.8 Å². The highest BCUT2D eigenvalue weighted by atomic mass is 32.2. The number of hydrogen-bond acceptors (Lipinski definition) is 7. The third kappa shape index (κ3) is 4.35. The lowest BCUT2D eigenvalue weighted by Gasteiger charge is -2.29. The lowest BCUT2D eigenvalue weighted by Crippen LogP contribution is -2.34. The number of aliphatic hydroxyl groups is 1. The summed E-state index contributed by atoms with van der Waals surface area (Å²) in [6, 6.07) is 6.84. The summed E-state index contributed by atoms with van der Waals surface area (Å²) in [4.78, 5) is 10.4. The van der Waals surface area contributed by atoms with Gasteiger partial charge in [0.15, 0.2) is 9.84 Å². The summed E-state index contributed by atoms with van der Waals surface area (Å²) in [6.07, 6.45) is 3.47. The van der Waals surface area contributed by atoms with E-state index in [9.17, 15) is 13.5 Å². The van der Waals surface area contributed by atoms with Crippen LogP contribution in [-0.2, 0) is 14.7 Å². The smallest absolute Gasteiger partial charge is 0.178 e. The van der Waals surface area contributed by atoms with Crippen molar-refractivity contribution in [2.75, 3.05) is 39.5 Å². The number of allylic oxidation sites excluding steroid dienone is 1. The Labute approximate surface area is 160 Å². The molecular formula is C19H27N3O4S. The molecule has 1 aromatic rings. The largest absolute Gasteiger partial charge is 0.393 e. The van der Waals surface area contributed by atoms with Gasteiger partial charge in [-0.2, -0.15) is 0 Å². The van der Waals surface area contributed by atoms with Crippen LogP contribution in [0.1, 0.15) is 18.6 Å². The highest BCUT2D eigenvalue weighted by Gasteiger charge is 2.30. The van der Waals surface area contributed by atoms with Gasteiger partial charge in [0.1, 0.15) is 6.10 Å². The highest BCUT2D eigenvalue weighted by molar-refractivity contribution is 7.91. The summed E-state index contributed by atoms with van der Waals surface area (Å²) in [5, 5.41) is 9.69. The molecule has 3 rings (SSSR count). The number of nitrogens with one attached hydrogen (secondary N) is 1. The van der Waals surface area contributed by atoms with Gasteiger partial charge in [0, 0.05) is 26.3 Å². The fourth-order valence-corrected chi connectivity index (χ4v) is 4.32. The molecule has 1 aromatic carbocycles. The third-order valence-corrected chi connectivity index (χ3v) is 6.77. The maximum atomic E-state index is 11.9. The lowest BCUT2D eigenvalue weighted by atomic mass is 10.1. The first-order valence-corrected chi connectivity index (χ1v) is 10.7. The Bertz CT molecular complexity index is 833. The van der Waals surface area contributed by atoms with Crippen LogP contribution in [0.3, 0.4) is 0 Å². The molecule has 7 nitrogen and oxygen atoms in total. The molecule has 0 bridgehead atoms. The Hall–Kier alpha value is -1.87. The molecule has 2 atom stereocenters. The number of likely N-dealkylation sites (tertiary alicyclic amines) is 1. The van der Waals surface area contributed by atoms with Gasteiger partial charge in [-0.3, -0.25) is 15.2 Å². The van der Waals surface area contributed by atoms with Crippen LogP contribution in [0.4, 0.5) is 0 Å². The maximum absolute atomic E-state index is 11.9. The van der Waals surface area contributed by atoms with Gasteiger partial charge in [0.05, 0.1) is 29.0 Å². The van der Waals surface area contributed by atoms with Crippen LogP contribution >= 0.6 is 0 Å². The van der Waals surface area contributed by atoms with Crippen molar-refractivity contribution < 1.29 is 18.4 Å². The van der Waals surface area contributed by atoms with E-state index in [4.69, 9.17) is 4.84 Å². The van der Waals surface area contributed by atoms with Gasteiger partial charge < -0.3 is 10.0 Å². The topological polar surface area (TPSA) is 82.1 Å². The summed E-state index contributed by atoms with van der Waals surface area (Å²) >= 11 is 0. The number of rotatable bonds is 7. The quantitative estimate of drug-likeness (QED) is 0.671. The van der Waals surface area contributed by atoms with E-state index in [0.29, 0.717) is 11.6 Å². The van der Waals surface area contributed by atoms with Crippen molar-refractivity contribution in [3.8, 4) is 0 Å². The molecule has 0 spiro atoms. The average molecular weight is 394 g/mol. The van der Waals surface area contributed by atoms with Crippen molar-refractivity contribution in [2.45, 2.75) is 24.0 Å². The number of likely N-dealkylation sites (N-methyl/N-ethyl adjacent to an activating group) is 2. The van der Waals surface area contributed by atoms with Crippen molar-refractivity contribution >= 4 is 9.84 Å². The number of aliphatic hydroxyl groups excluding tert-OH is 1. The van der Waals surface area contributed by atoms with Crippen LogP contribution < -0.4 is 5.48 Å². The van der Waals surface area contributed by atoms with Crippen molar-refractivity contribution in [3.05, 3.63) is 53.4 Å². The number of sulfone groups is 1. The fourth-order valence-electron chi connectivity index (χ4n) is 3.43. The zero-order valence-corrected chi connectivity index (χ0v) is 16.7. The Balaban J connectivity index is 1.67. The first-order valence-electron chi connectivity index (χ1n) is 9.02. The van der Waals surface area contributed by atoms with Crippen molar-refractivity contribution in [1.82, 2.24) is 15.3 Å². The molecule has 2 heterocycles. The van der Waals surface area contributed by atoms with E-state index in [1.54, 1.807) is 31.2 Å². The van der Waals surface area contributed by atoms with Gasteiger partial charge in [-0.25, -0.2) is 8.42 Å². The molecule has 2 aliphatic heterocycles. The van der Waals surface area contributed by atoms with Gasteiger partial charge in [0.25, 0.3) is 0 Å². The Morgan fingerprint density at radius 2 is 2.00 bits per heavy atom. The van der Waals surface area contributed by atoms with E-state index in [2.05, 4.69) is 28.4 Å². The van der Waals surface area contributed by atoms with E-state index in [1.165, 1.54) is 5.57 Å². The SMILES string of the molecule is CCS(=O)(=O)c1ccc(C(CO)ONC2=CN(C)C3CN(C)CC3=C2)cc1. The zero-order chi connectivity index (χ0) is 19.6. The van der Waals surface area contributed by atoms with Crippen LogP contribution in [0, 0.1) is 0 Å². The molecule has 0 aliphatic carbocycles. The van der Waals surface area contributed by atoms with Gasteiger partial charge in [-0.1, -0.05) is 19.1 Å². The van der Waals surface area contributed by atoms with Crippen LogP contribution in [-0.4, -0.2) is 68.9 Å². The number of benzene rings is 1. The van der Waals surface area contributed by atoms with Crippen molar-refractivity contribution in [3.63, 3.8) is 0 Å². The zero-order valence-electron chi connectivity index (χ0n) is 15.9. The van der Waals surface area contributed by atoms with Gasteiger partial charge in [-0.05, 0) is 36.4 Å². The Morgan fingerprint density at radius 3 is 2.63 bits per heavy atom. The summed E-state index contributed by atoms with van der Waals surface area (Å²) in [5.41, 5.74) is 5.78. The molecular weight excluding hydrogens is 366 g/mol. The standard InChI is InChI=1S/C19H27N3O4S/c1-4-27(24,25)17-7-5-14(6-8-17)19(13-23)26-20-16-9-15-10-21(2)12-18(15)22(3)11-16/h5-9,11,18-20,23H,4,10,12-13H2,1-3H3. The summed E-state index contributed by atoms with van der Waals surface area (Å²) < 4.78 is 23.8. The highest BCUT2D eigenvalue weighted by Crippen LogP contribution is 2.26. The van der Waals surface area contributed by atoms with E-state index in [1.807, 2.05) is 13.2 Å². The number of nitrogens with zero attached hydrogens (tertiary/aromatic N) is 2. The molecule has 0 saturated carbocycles. The van der Waals surface area contributed by atoms with Gasteiger partial charge >= 0.3 is 0 Å². The normalized spacial score (nSPS) is 21.5. The minimum Gasteiger partial charge on any atom is -0.393 e. The van der Waals surface area contributed by atoms with Crippen LogP contribution in [0.5, 0.6) is 0 Å². The fraction of sp³-hybridized carbons (Fsp3) is 0.474. The number of hydrogen-bond donors (Lipinski definition) is 2. The second-order valence-corrected chi connectivity index (χ2v) is 9.32. The average Bonchev–Trinajstić information content (AvgIpc) is 3.03. The van der Waals surface area contributed by atoms with Crippen LogP contribution in [0.2, 0.25) is 0 Å². The predicted molar refractivity (Wildman–Crippen MR) is 103 cm³/mol. The molecule has 1 fully saturated rings. The van der Waals surface area contributed by atoms with Crippen LogP contribution in [0.15, 0.2) is 52.7 Å². The minimum atomic E-state index is -3.24.